The Morgan fingerprint density at radius 2 is 1.85 bits per heavy atom. The first-order chi connectivity index (χ1) is 19.4. The summed E-state index contributed by atoms with van der Waals surface area (Å²) in [5, 5.41) is 32.0. The van der Waals surface area contributed by atoms with Crippen molar-refractivity contribution >= 4 is 23.7 Å². The Morgan fingerprint density at radius 3 is 2.46 bits per heavy atom. The molecule has 2 unspecified atom stereocenters. The van der Waals surface area contributed by atoms with Crippen molar-refractivity contribution in [3.63, 3.8) is 0 Å². The zero-order valence-electron chi connectivity index (χ0n) is 24.3. The number of rotatable bonds is 7. The summed E-state index contributed by atoms with van der Waals surface area (Å²) in [5.74, 6) is -2.35. The Hall–Kier alpha value is -2.56. The molecule has 0 aromatic heterocycles. The van der Waals surface area contributed by atoms with Crippen LogP contribution in [0.25, 0.3) is 0 Å². The molecule has 10 heteroatoms. The van der Waals surface area contributed by atoms with E-state index in [2.05, 4.69) is 0 Å². The standard InChI is InChI=1S/C31H42O10/c1-15-21(12-32)29(38)41-28(15)16(2)22-5-6-23-20-10-26(37)25-9-19(36)7-8-30(25,13-33)24(20)11-27(40-18(4)35)31(22,23)14-39-17(3)34/h9,16,20,22-24,26-28,32-33,37H,5-8,10-14H2,1-4H3/t16?,20-,22+,23-,24-,26-,27+,28?,30-,31+/m0/s1. The smallest absolute Gasteiger partial charge is 0.337 e. The van der Waals surface area contributed by atoms with E-state index in [-0.39, 0.29) is 60.6 Å². The molecule has 5 rings (SSSR count). The van der Waals surface area contributed by atoms with Gasteiger partial charge in [-0.15, -0.1) is 0 Å². The number of aliphatic hydroxyl groups excluding tert-OH is 3. The number of hydrogen-bond donors (Lipinski definition) is 3. The first-order valence-corrected chi connectivity index (χ1v) is 14.8. The first-order valence-electron chi connectivity index (χ1n) is 14.8. The molecule has 0 radical (unpaired) electrons. The molecule has 0 saturated heterocycles. The van der Waals surface area contributed by atoms with E-state index in [1.807, 2.05) is 6.92 Å². The van der Waals surface area contributed by atoms with E-state index in [0.717, 1.165) is 0 Å². The summed E-state index contributed by atoms with van der Waals surface area (Å²) in [5.41, 5.74) is -0.138. The van der Waals surface area contributed by atoms with Gasteiger partial charge in [0.2, 0.25) is 0 Å². The summed E-state index contributed by atoms with van der Waals surface area (Å²) in [6, 6.07) is 0. The lowest BCUT2D eigenvalue weighted by Crippen LogP contribution is -2.63. The Kier molecular flexibility index (Phi) is 7.98. The average Bonchev–Trinajstić information content (AvgIpc) is 3.45. The lowest BCUT2D eigenvalue weighted by molar-refractivity contribution is -0.209. The Bertz CT molecular complexity index is 1190. The van der Waals surface area contributed by atoms with Crippen LogP contribution in [0.5, 0.6) is 0 Å². The highest BCUT2D eigenvalue weighted by atomic mass is 16.6. The molecule has 10 atom stereocenters. The van der Waals surface area contributed by atoms with Crippen molar-refractivity contribution in [1.82, 2.24) is 0 Å². The lowest BCUT2D eigenvalue weighted by Gasteiger charge is -2.62. The van der Waals surface area contributed by atoms with E-state index in [4.69, 9.17) is 14.2 Å². The summed E-state index contributed by atoms with van der Waals surface area (Å²) in [4.78, 5) is 49.7. The fraction of sp³-hybridized carbons (Fsp3) is 0.742. The van der Waals surface area contributed by atoms with Crippen LogP contribution in [-0.4, -0.2) is 77.1 Å². The fourth-order valence-electron chi connectivity index (χ4n) is 9.66. The van der Waals surface area contributed by atoms with Crippen LogP contribution in [-0.2, 0) is 33.4 Å². The van der Waals surface area contributed by atoms with E-state index in [0.29, 0.717) is 43.3 Å². The van der Waals surface area contributed by atoms with Gasteiger partial charge in [0, 0.05) is 37.0 Å². The molecule has 1 heterocycles. The maximum atomic E-state index is 12.6. The lowest BCUT2D eigenvalue weighted by atomic mass is 9.44. The Balaban J connectivity index is 1.62. The van der Waals surface area contributed by atoms with E-state index >= 15 is 0 Å². The number of aliphatic hydroxyl groups is 3. The minimum atomic E-state index is -0.895. The predicted molar refractivity (Wildman–Crippen MR) is 144 cm³/mol. The monoisotopic (exact) mass is 574 g/mol. The molecule has 10 nitrogen and oxygen atoms in total. The first kappa shape index (κ1) is 29.9. The SMILES string of the molecule is CC(=O)OC[C@@]12[C@@H](C(C)C3OC(=O)C(CO)=C3C)CC[C@H]1[C@@H]1C[C@H](O)C3=CC(=O)CC[C@]3(CO)[C@H]1C[C@H]2OC(C)=O. The number of ketones is 1. The highest BCUT2D eigenvalue weighted by Gasteiger charge is 2.69. The van der Waals surface area contributed by atoms with Gasteiger partial charge in [0.15, 0.2) is 5.78 Å². The molecule has 3 N–H and O–H groups in total. The van der Waals surface area contributed by atoms with Gasteiger partial charge in [-0.1, -0.05) is 6.92 Å². The fourth-order valence-corrected chi connectivity index (χ4v) is 9.66. The number of hydrogen-bond acceptors (Lipinski definition) is 10. The van der Waals surface area contributed by atoms with Gasteiger partial charge < -0.3 is 29.5 Å². The third kappa shape index (κ3) is 4.57. The molecule has 3 saturated carbocycles. The van der Waals surface area contributed by atoms with Crippen molar-refractivity contribution in [1.29, 1.82) is 0 Å². The quantitative estimate of drug-likeness (QED) is 0.304. The van der Waals surface area contributed by atoms with Crippen LogP contribution in [0.15, 0.2) is 22.8 Å². The molecule has 0 aromatic carbocycles. The second kappa shape index (κ2) is 10.9. The van der Waals surface area contributed by atoms with Crippen LogP contribution in [0.1, 0.15) is 66.2 Å². The maximum absolute atomic E-state index is 12.6. The summed E-state index contributed by atoms with van der Waals surface area (Å²) >= 11 is 0. The number of fused-ring (bicyclic) bond motifs is 5. The van der Waals surface area contributed by atoms with Crippen molar-refractivity contribution in [2.24, 2.45) is 40.4 Å². The minimum Gasteiger partial charge on any atom is -0.465 e. The third-order valence-corrected chi connectivity index (χ3v) is 11.3. The molecule has 0 bridgehead atoms. The molecule has 0 spiro atoms. The van der Waals surface area contributed by atoms with Gasteiger partial charge in [-0.2, -0.15) is 0 Å². The van der Waals surface area contributed by atoms with Crippen LogP contribution >= 0.6 is 0 Å². The van der Waals surface area contributed by atoms with Gasteiger partial charge in [0.25, 0.3) is 0 Å². The number of carbonyl (C=O) groups is 4. The van der Waals surface area contributed by atoms with Crippen LogP contribution in [0.2, 0.25) is 0 Å². The van der Waals surface area contributed by atoms with Gasteiger partial charge >= 0.3 is 17.9 Å². The van der Waals surface area contributed by atoms with Crippen molar-refractivity contribution in [3.8, 4) is 0 Å². The Labute approximate surface area is 240 Å². The van der Waals surface area contributed by atoms with Gasteiger partial charge in [0.1, 0.15) is 18.8 Å². The number of esters is 3. The third-order valence-electron chi connectivity index (χ3n) is 11.3. The second-order valence-electron chi connectivity index (χ2n) is 12.9. The molecule has 4 aliphatic carbocycles. The molecule has 0 aromatic rings. The molecular formula is C31H42O10. The van der Waals surface area contributed by atoms with Crippen LogP contribution in [0, 0.1) is 40.4 Å². The second-order valence-corrected chi connectivity index (χ2v) is 12.9. The van der Waals surface area contributed by atoms with Crippen molar-refractivity contribution in [2.75, 3.05) is 19.8 Å². The molecule has 226 valence electrons. The van der Waals surface area contributed by atoms with E-state index in [1.54, 1.807) is 6.92 Å². The molecular weight excluding hydrogens is 532 g/mol. The average molecular weight is 575 g/mol. The zero-order chi connectivity index (χ0) is 29.9. The summed E-state index contributed by atoms with van der Waals surface area (Å²) < 4.78 is 17.6. The van der Waals surface area contributed by atoms with Crippen molar-refractivity contribution in [3.05, 3.63) is 22.8 Å². The normalized spacial score (nSPS) is 40.7. The van der Waals surface area contributed by atoms with Crippen molar-refractivity contribution < 1.29 is 48.7 Å². The van der Waals surface area contributed by atoms with Crippen LogP contribution in [0.3, 0.4) is 0 Å². The maximum Gasteiger partial charge on any atom is 0.337 e. The number of ether oxygens (including phenoxy) is 3. The van der Waals surface area contributed by atoms with Gasteiger partial charge in [-0.25, -0.2) is 4.79 Å². The van der Waals surface area contributed by atoms with Crippen LogP contribution < -0.4 is 0 Å². The highest BCUT2D eigenvalue weighted by molar-refractivity contribution is 5.92. The van der Waals surface area contributed by atoms with Crippen molar-refractivity contribution in [2.45, 2.75) is 84.5 Å². The number of cyclic esters (lactones) is 1. The molecule has 41 heavy (non-hydrogen) atoms. The molecule has 0 amide bonds. The largest absolute Gasteiger partial charge is 0.465 e. The van der Waals surface area contributed by atoms with Gasteiger partial charge in [-0.05, 0) is 79.9 Å². The minimum absolute atomic E-state index is 0.00284. The summed E-state index contributed by atoms with van der Waals surface area (Å²) in [6.45, 7) is 5.81. The van der Waals surface area contributed by atoms with E-state index in [1.165, 1.54) is 19.9 Å². The van der Waals surface area contributed by atoms with E-state index < -0.39 is 53.7 Å². The van der Waals surface area contributed by atoms with Gasteiger partial charge in [0.05, 0.1) is 24.9 Å². The van der Waals surface area contributed by atoms with Gasteiger partial charge in [-0.3, -0.25) is 14.4 Å². The Morgan fingerprint density at radius 1 is 1.12 bits per heavy atom. The number of carbonyl (C=O) groups excluding carboxylic acids is 4. The topological polar surface area (TPSA) is 157 Å². The molecule has 1 aliphatic heterocycles. The van der Waals surface area contributed by atoms with E-state index in [9.17, 15) is 34.5 Å². The molecule has 3 fully saturated rings. The molecule has 5 aliphatic rings. The summed E-state index contributed by atoms with van der Waals surface area (Å²) in [6.07, 6.45) is 2.20. The predicted octanol–water partition coefficient (Wildman–Crippen LogP) is 2.03. The zero-order valence-corrected chi connectivity index (χ0v) is 24.3. The summed E-state index contributed by atoms with van der Waals surface area (Å²) in [7, 11) is 0. The highest BCUT2D eigenvalue weighted by Crippen LogP contribution is 2.68. The van der Waals surface area contributed by atoms with Crippen LogP contribution in [0.4, 0.5) is 0 Å².